The largest absolute Gasteiger partial charge is 0.308 e. The molecule has 102 valence electrons. The Bertz CT molecular complexity index is 334. The summed E-state index contributed by atoms with van der Waals surface area (Å²) in [6.45, 7) is 7.88. The average molecular weight is 248 g/mol. The molecule has 2 heteroatoms. The molecule has 0 aromatic heterocycles. The first-order valence-electron chi connectivity index (χ1n) is 7.02. The highest BCUT2D eigenvalue weighted by Gasteiger charge is 2.35. The number of nitrogens with zero attached hydrogens (tertiary/aromatic N) is 1. The van der Waals surface area contributed by atoms with E-state index in [1.54, 1.807) is 0 Å². The molecule has 0 radical (unpaired) electrons. The number of benzene rings is 1. The van der Waals surface area contributed by atoms with Gasteiger partial charge in [0.15, 0.2) is 0 Å². The van der Waals surface area contributed by atoms with Gasteiger partial charge in [0.2, 0.25) is 0 Å². The van der Waals surface area contributed by atoms with Crippen LogP contribution < -0.4 is 5.32 Å². The van der Waals surface area contributed by atoms with Crippen LogP contribution >= 0.6 is 0 Å². The van der Waals surface area contributed by atoms with Gasteiger partial charge in [-0.1, -0.05) is 44.2 Å². The number of hydrogen-bond acceptors (Lipinski definition) is 2. The average Bonchev–Trinajstić information content (AvgIpc) is 2.39. The van der Waals surface area contributed by atoms with Gasteiger partial charge in [-0.2, -0.15) is 0 Å². The highest BCUT2D eigenvalue weighted by atomic mass is 15.2. The number of hydrogen-bond donors (Lipinski definition) is 1. The predicted molar refractivity (Wildman–Crippen MR) is 79.9 cm³/mol. The van der Waals surface area contributed by atoms with Crippen LogP contribution in [-0.4, -0.2) is 31.1 Å². The molecule has 2 atom stereocenters. The van der Waals surface area contributed by atoms with Crippen molar-refractivity contribution >= 4 is 0 Å². The zero-order valence-corrected chi connectivity index (χ0v) is 12.5. The second kappa shape index (κ2) is 6.91. The van der Waals surface area contributed by atoms with Crippen molar-refractivity contribution in [2.75, 3.05) is 20.6 Å². The van der Waals surface area contributed by atoms with Gasteiger partial charge in [-0.25, -0.2) is 0 Å². The zero-order chi connectivity index (χ0) is 13.6. The molecular weight excluding hydrogens is 220 g/mol. The smallest absolute Gasteiger partial charge is 0.0504 e. The van der Waals surface area contributed by atoms with Crippen molar-refractivity contribution < 1.29 is 0 Å². The molecule has 2 unspecified atom stereocenters. The molecule has 1 aromatic carbocycles. The van der Waals surface area contributed by atoms with Gasteiger partial charge >= 0.3 is 0 Å². The van der Waals surface area contributed by atoms with Crippen LogP contribution in [0.4, 0.5) is 0 Å². The van der Waals surface area contributed by atoms with Gasteiger partial charge in [-0.15, -0.1) is 0 Å². The SMILES string of the molecule is CCCNC(c1ccccc1)C(C)(CC)N(C)C. The standard InChI is InChI=1S/C16H28N2/c1-6-13-17-15(14-11-9-8-10-12-14)16(3,7-2)18(4)5/h8-12,15,17H,6-7,13H2,1-5H3. The van der Waals surface area contributed by atoms with E-state index in [1.807, 2.05) is 0 Å². The second-order valence-electron chi connectivity index (χ2n) is 5.40. The summed E-state index contributed by atoms with van der Waals surface area (Å²) in [5.74, 6) is 0. The first-order valence-corrected chi connectivity index (χ1v) is 7.02. The minimum atomic E-state index is 0.135. The highest BCUT2D eigenvalue weighted by Crippen LogP contribution is 2.32. The third kappa shape index (κ3) is 3.33. The molecule has 0 spiro atoms. The Morgan fingerprint density at radius 3 is 2.22 bits per heavy atom. The van der Waals surface area contributed by atoms with Gasteiger partial charge in [0.1, 0.15) is 0 Å². The molecular formula is C16H28N2. The lowest BCUT2D eigenvalue weighted by Gasteiger charge is -2.43. The summed E-state index contributed by atoms with van der Waals surface area (Å²) >= 11 is 0. The molecule has 1 N–H and O–H groups in total. The summed E-state index contributed by atoms with van der Waals surface area (Å²) < 4.78 is 0. The molecule has 1 rings (SSSR count). The third-order valence-electron chi connectivity index (χ3n) is 4.09. The Kier molecular flexibility index (Phi) is 5.83. The van der Waals surface area contributed by atoms with Crippen LogP contribution in [0.2, 0.25) is 0 Å². The van der Waals surface area contributed by atoms with Crippen molar-refractivity contribution in [1.82, 2.24) is 10.2 Å². The Morgan fingerprint density at radius 1 is 1.17 bits per heavy atom. The van der Waals surface area contributed by atoms with Gasteiger partial charge in [0, 0.05) is 5.54 Å². The topological polar surface area (TPSA) is 15.3 Å². The first-order chi connectivity index (χ1) is 8.56. The summed E-state index contributed by atoms with van der Waals surface area (Å²) in [5, 5.41) is 3.72. The molecule has 0 aliphatic carbocycles. The van der Waals surface area contributed by atoms with Gasteiger partial charge in [-0.05, 0) is 46.0 Å². The van der Waals surface area contributed by atoms with Gasteiger partial charge in [0.05, 0.1) is 6.04 Å². The van der Waals surface area contributed by atoms with E-state index < -0.39 is 0 Å². The summed E-state index contributed by atoms with van der Waals surface area (Å²) in [6.07, 6.45) is 2.28. The highest BCUT2D eigenvalue weighted by molar-refractivity contribution is 5.23. The van der Waals surface area contributed by atoms with Crippen molar-refractivity contribution in [1.29, 1.82) is 0 Å². The lowest BCUT2D eigenvalue weighted by Crippen LogP contribution is -2.51. The van der Waals surface area contributed by atoms with E-state index >= 15 is 0 Å². The molecule has 0 bridgehead atoms. The molecule has 0 amide bonds. The summed E-state index contributed by atoms with van der Waals surface area (Å²) in [7, 11) is 4.35. The zero-order valence-electron chi connectivity index (χ0n) is 12.5. The molecule has 0 fully saturated rings. The molecule has 18 heavy (non-hydrogen) atoms. The van der Waals surface area contributed by atoms with E-state index in [0.29, 0.717) is 6.04 Å². The van der Waals surface area contributed by atoms with Gasteiger partial charge in [-0.3, -0.25) is 0 Å². The second-order valence-corrected chi connectivity index (χ2v) is 5.40. The number of nitrogens with one attached hydrogen (secondary N) is 1. The summed E-state index contributed by atoms with van der Waals surface area (Å²) in [6, 6.07) is 11.2. The van der Waals surface area contributed by atoms with E-state index in [2.05, 4.69) is 75.4 Å². The van der Waals surface area contributed by atoms with Gasteiger partial charge < -0.3 is 10.2 Å². The van der Waals surface area contributed by atoms with Crippen molar-refractivity contribution in [2.45, 2.75) is 45.2 Å². The van der Waals surface area contributed by atoms with Crippen LogP contribution in [0.25, 0.3) is 0 Å². The van der Waals surface area contributed by atoms with Crippen LogP contribution in [0.3, 0.4) is 0 Å². The van der Waals surface area contributed by atoms with Gasteiger partial charge in [0.25, 0.3) is 0 Å². The van der Waals surface area contributed by atoms with E-state index in [-0.39, 0.29) is 5.54 Å². The predicted octanol–water partition coefficient (Wildman–Crippen LogP) is 3.46. The van der Waals surface area contributed by atoms with Crippen LogP contribution in [0.1, 0.15) is 45.2 Å². The Balaban J connectivity index is 3.04. The molecule has 0 saturated heterocycles. The normalized spacial score (nSPS) is 16.6. The fourth-order valence-corrected chi connectivity index (χ4v) is 2.41. The third-order valence-corrected chi connectivity index (χ3v) is 4.09. The Morgan fingerprint density at radius 2 is 1.78 bits per heavy atom. The fraction of sp³-hybridized carbons (Fsp3) is 0.625. The Hall–Kier alpha value is -0.860. The summed E-state index contributed by atoms with van der Waals surface area (Å²) in [5.41, 5.74) is 1.51. The number of rotatable bonds is 7. The van der Waals surface area contributed by atoms with Crippen molar-refractivity contribution in [3.63, 3.8) is 0 Å². The molecule has 0 heterocycles. The van der Waals surface area contributed by atoms with E-state index in [4.69, 9.17) is 0 Å². The maximum absolute atomic E-state index is 3.72. The molecule has 0 aliphatic rings. The van der Waals surface area contributed by atoms with Crippen LogP contribution in [0.15, 0.2) is 30.3 Å². The van der Waals surface area contributed by atoms with E-state index in [9.17, 15) is 0 Å². The quantitative estimate of drug-likeness (QED) is 0.795. The van der Waals surface area contributed by atoms with E-state index in [1.165, 1.54) is 5.56 Å². The Labute approximate surface area is 112 Å². The molecule has 1 aromatic rings. The monoisotopic (exact) mass is 248 g/mol. The first kappa shape index (κ1) is 15.2. The number of likely N-dealkylation sites (N-methyl/N-ethyl adjacent to an activating group) is 1. The minimum Gasteiger partial charge on any atom is -0.308 e. The van der Waals surface area contributed by atoms with Crippen molar-refractivity contribution in [2.24, 2.45) is 0 Å². The van der Waals surface area contributed by atoms with Crippen LogP contribution in [-0.2, 0) is 0 Å². The molecule has 2 nitrogen and oxygen atoms in total. The molecule has 0 saturated carbocycles. The van der Waals surface area contributed by atoms with E-state index in [0.717, 1.165) is 19.4 Å². The van der Waals surface area contributed by atoms with Crippen LogP contribution in [0, 0.1) is 0 Å². The van der Waals surface area contributed by atoms with Crippen LogP contribution in [0.5, 0.6) is 0 Å². The lowest BCUT2D eigenvalue weighted by atomic mass is 9.83. The van der Waals surface area contributed by atoms with Crippen molar-refractivity contribution in [3.8, 4) is 0 Å². The lowest BCUT2D eigenvalue weighted by molar-refractivity contribution is 0.113. The maximum Gasteiger partial charge on any atom is 0.0504 e. The fourth-order valence-electron chi connectivity index (χ4n) is 2.41. The summed E-state index contributed by atoms with van der Waals surface area (Å²) in [4.78, 5) is 2.34. The molecule has 0 aliphatic heterocycles. The maximum atomic E-state index is 3.72. The van der Waals surface area contributed by atoms with Crippen molar-refractivity contribution in [3.05, 3.63) is 35.9 Å². The minimum absolute atomic E-state index is 0.135.